The molecule has 0 spiro atoms. The highest BCUT2D eigenvalue weighted by Gasteiger charge is 2.46. The van der Waals surface area contributed by atoms with E-state index in [0.29, 0.717) is 0 Å². The fourth-order valence-corrected chi connectivity index (χ4v) is 12.8. The van der Waals surface area contributed by atoms with Crippen molar-refractivity contribution in [2.24, 2.45) is 0 Å². The lowest BCUT2D eigenvalue weighted by atomic mass is 9.65. The molecule has 2 heteroatoms. The number of hydrogen-bond acceptors (Lipinski definition) is 2. The van der Waals surface area contributed by atoms with Crippen molar-refractivity contribution in [1.29, 1.82) is 0 Å². The summed E-state index contributed by atoms with van der Waals surface area (Å²) in [6.45, 7) is 19.3. The van der Waals surface area contributed by atoms with Crippen LogP contribution >= 0.6 is 0 Å². The van der Waals surface area contributed by atoms with Gasteiger partial charge in [0.25, 0.3) is 0 Å². The quantitative estimate of drug-likeness (QED) is 0.174. The fourth-order valence-electron chi connectivity index (χ4n) is 12.8. The minimum absolute atomic E-state index is 0.133. The first-order valence-corrected chi connectivity index (χ1v) is 23.8. The number of anilines is 6. The van der Waals surface area contributed by atoms with Crippen LogP contribution in [-0.4, -0.2) is 0 Å². The second-order valence-corrected chi connectivity index (χ2v) is 21.4. The SMILES string of the molecule is CC1(C)c2ccccc2-c2ccc(N(c3ccc4c(c3)C(C)(C)c3ccccc3-4)c3ccc4c(c3)C(C)(C)c3cc(-c5cccc6ccccc56)cc5c3N4c3ccccc3C5(C)C)cc21. The largest absolute Gasteiger partial charge is 0.310 e. The van der Waals surface area contributed by atoms with E-state index in [1.807, 2.05) is 0 Å². The third kappa shape index (κ3) is 5.13. The van der Waals surface area contributed by atoms with E-state index >= 15 is 0 Å². The molecule has 0 radical (unpaired) electrons. The molecule has 4 aliphatic rings. The zero-order chi connectivity index (χ0) is 45.1. The fraction of sp³-hybridized carbons (Fsp3) is 0.188. The monoisotopic (exact) mass is 850 g/mol. The van der Waals surface area contributed by atoms with Gasteiger partial charge in [0.1, 0.15) is 0 Å². The van der Waals surface area contributed by atoms with Crippen LogP contribution in [0.5, 0.6) is 0 Å². The van der Waals surface area contributed by atoms with Crippen molar-refractivity contribution in [2.45, 2.75) is 77.0 Å². The molecule has 2 aliphatic heterocycles. The Bertz CT molecular complexity index is 3450. The maximum Gasteiger partial charge on any atom is 0.0544 e. The molecule has 9 aromatic rings. The molecular formula is C64H54N2. The van der Waals surface area contributed by atoms with Gasteiger partial charge >= 0.3 is 0 Å². The summed E-state index contributed by atoms with van der Waals surface area (Å²) in [6, 6.07) is 69.4. The molecule has 0 unspecified atom stereocenters. The molecule has 0 saturated carbocycles. The summed E-state index contributed by atoms with van der Waals surface area (Å²) in [5, 5.41) is 2.55. The average molecular weight is 851 g/mol. The van der Waals surface area contributed by atoms with Crippen LogP contribution in [0.2, 0.25) is 0 Å². The van der Waals surface area contributed by atoms with Gasteiger partial charge in [-0.2, -0.15) is 0 Å². The molecule has 66 heavy (non-hydrogen) atoms. The smallest absolute Gasteiger partial charge is 0.0544 e. The molecule has 0 bridgehead atoms. The summed E-state index contributed by atoms with van der Waals surface area (Å²) < 4.78 is 0. The summed E-state index contributed by atoms with van der Waals surface area (Å²) in [4.78, 5) is 5.13. The van der Waals surface area contributed by atoms with Crippen LogP contribution in [0.25, 0.3) is 44.2 Å². The molecule has 2 aliphatic carbocycles. The Kier molecular flexibility index (Phi) is 7.86. The first kappa shape index (κ1) is 39.2. The molecule has 0 N–H and O–H groups in total. The minimum Gasteiger partial charge on any atom is -0.310 e. The van der Waals surface area contributed by atoms with Crippen molar-refractivity contribution in [3.8, 4) is 33.4 Å². The van der Waals surface area contributed by atoms with Crippen LogP contribution in [-0.2, 0) is 21.7 Å². The van der Waals surface area contributed by atoms with Crippen molar-refractivity contribution < 1.29 is 0 Å². The Balaban J connectivity index is 1.05. The molecule has 2 nitrogen and oxygen atoms in total. The predicted molar refractivity (Wildman–Crippen MR) is 278 cm³/mol. The van der Waals surface area contributed by atoms with Crippen molar-refractivity contribution in [2.75, 3.05) is 9.80 Å². The first-order valence-electron chi connectivity index (χ1n) is 23.8. The van der Waals surface area contributed by atoms with E-state index < -0.39 is 0 Å². The Labute approximate surface area is 389 Å². The lowest BCUT2D eigenvalue weighted by molar-refractivity contribution is 0.598. The highest BCUT2D eigenvalue weighted by Crippen LogP contribution is 2.62. The maximum atomic E-state index is 2.59. The van der Waals surface area contributed by atoms with Crippen LogP contribution in [0.15, 0.2) is 182 Å². The molecular weight excluding hydrogens is 797 g/mol. The maximum absolute atomic E-state index is 2.59. The topological polar surface area (TPSA) is 6.48 Å². The molecule has 0 fully saturated rings. The van der Waals surface area contributed by atoms with Crippen molar-refractivity contribution >= 4 is 44.9 Å². The summed E-state index contributed by atoms with van der Waals surface area (Å²) in [6.07, 6.45) is 0. The van der Waals surface area contributed by atoms with E-state index in [2.05, 4.69) is 247 Å². The van der Waals surface area contributed by atoms with Gasteiger partial charge in [0.05, 0.1) is 17.1 Å². The van der Waals surface area contributed by atoms with Crippen LogP contribution in [0, 0.1) is 0 Å². The van der Waals surface area contributed by atoms with Crippen molar-refractivity contribution in [3.63, 3.8) is 0 Å². The molecule has 320 valence electrons. The van der Waals surface area contributed by atoms with Crippen molar-refractivity contribution in [1.82, 2.24) is 0 Å². The van der Waals surface area contributed by atoms with Crippen LogP contribution in [0.1, 0.15) is 99.9 Å². The van der Waals surface area contributed by atoms with Gasteiger partial charge in [-0.3, -0.25) is 0 Å². The summed E-state index contributed by atoms with van der Waals surface area (Å²) >= 11 is 0. The van der Waals surface area contributed by atoms with Gasteiger partial charge in [-0.05, 0) is 149 Å². The number of benzene rings is 9. The first-order chi connectivity index (χ1) is 31.8. The molecule has 13 rings (SSSR count). The molecule has 0 amide bonds. The predicted octanol–water partition coefficient (Wildman–Crippen LogP) is 17.3. The second-order valence-electron chi connectivity index (χ2n) is 21.4. The molecule has 0 saturated heterocycles. The van der Waals surface area contributed by atoms with Crippen molar-refractivity contribution in [3.05, 3.63) is 226 Å². The third-order valence-corrected chi connectivity index (χ3v) is 16.4. The zero-order valence-corrected chi connectivity index (χ0v) is 39.2. The van der Waals surface area contributed by atoms with Gasteiger partial charge in [0, 0.05) is 38.7 Å². The average Bonchev–Trinajstić information content (AvgIpc) is 3.70. The molecule has 2 heterocycles. The van der Waals surface area contributed by atoms with Gasteiger partial charge in [0.15, 0.2) is 0 Å². The summed E-state index contributed by atoms with van der Waals surface area (Å²) in [5.74, 6) is 0. The molecule has 9 aromatic carbocycles. The normalized spacial score (nSPS) is 16.6. The minimum atomic E-state index is -0.344. The Morgan fingerprint density at radius 2 is 0.742 bits per heavy atom. The number of nitrogens with zero attached hydrogens (tertiary/aromatic N) is 2. The zero-order valence-electron chi connectivity index (χ0n) is 39.2. The van der Waals surface area contributed by atoms with Crippen LogP contribution in [0.3, 0.4) is 0 Å². The lowest BCUT2D eigenvalue weighted by Gasteiger charge is -2.50. The Morgan fingerprint density at radius 1 is 0.318 bits per heavy atom. The molecule has 0 atom stereocenters. The second kappa shape index (κ2) is 13.2. The number of hydrogen-bond donors (Lipinski definition) is 0. The highest BCUT2D eigenvalue weighted by atomic mass is 15.2. The van der Waals surface area contributed by atoms with Crippen LogP contribution in [0.4, 0.5) is 34.1 Å². The van der Waals surface area contributed by atoms with Gasteiger partial charge < -0.3 is 9.80 Å². The Morgan fingerprint density at radius 3 is 1.36 bits per heavy atom. The van der Waals surface area contributed by atoms with E-state index in [0.717, 1.165) is 5.69 Å². The van der Waals surface area contributed by atoms with Gasteiger partial charge in [-0.25, -0.2) is 0 Å². The summed E-state index contributed by atoms with van der Waals surface area (Å²) in [7, 11) is 0. The number of para-hydroxylation sites is 1. The molecule has 0 aromatic heterocycles. The summed E-state index contributed by atoms with van der Waals surface area (Å²) in [5.41, 5.74) is 25.3. The van der Waals surface area contributed by atoms with E-state index in [1.54, 1.807) is 0 Å². The van der Waals surface area contributed by atoms with Gasteiger partial charge in [0.2, 0.25) is 0 Å². The lowest BCUT2D eigenvalue weighted by Crippen LogP contribution is -2.38. The number of rotatable bonds is 4. The van der Waals surface area contributed by atoms with E-state index in [4.69, 9.17) is 0 Å². The Hall–Kier alpha value is -7.16. The van der Waals surface area contributed by atoms with E-state index in [-0.39, 0.29) is 21.7 Å². The van der Waals surface area contributed by atoms with Gasteiger partial charge in [-0.1, -0.05) is 177 Å². The van der Waals surface area contributed by atoms with E-state index in [9.17, 15) is 0 Å². The van der Waals surface area contributed by atoms with Crippen LogP contribution < -0.4 is 9.80 Å². The third-order valence-electron chi connectivity index (χ3n) is 16.4. The number of fused-ring (bicyclic) bond motifs is 11. The van der Waals surface area contributed by atoms with Gasteiger partial charge in [-0.15, -0.1) is 0 Å². The standard InChI is InChI=1S/C64H54N2/c1-61(2)50-24-13-11-21-46(50)48-31-28-41(36-53(48)61)65(42-29-32-49-47-22-12-14-25-51(47)62(3,4)54(49)37-42)43-30-33-59-55(38-43)64(7,8)57-35-40(45-23-17-19-39-18-9-10-20-44(39)45)34-56-60(57)66(59)58-27-16-15-26-52(58)63(56,5)6/h9-38H,1-8H3. The highest BCUT2D eigenvalue weighted by molar-refractivity contribution is 6.00. The van der Waals surface area contributed by atoms with E-state index in [1.165, 1.54) is 117 Å².